The molecule has 0 aliphatic heterocycles. The van der Waals surface area contributed by atoms with Gasteiger partial charge in [-0.25, -0.2) is 4.79 Å². The van der Waals surface area contributed by atoms with E-state index in [1.807, 2.05) is 39.0 Å². The van der Waals surface area contributed by atoms with Crippen LogP contribution in [0.2, 0.25) is 0 Å². The number of amides is 1. The molecule has 22 heavy (non-hydrogen) atoms. The van der Waals surface area contributed by atoms with Crippen molar-refractivity contribution in [3.8, 4) is 0 Å². The summed E-state index contributed by atoms with van der Waals surface area (Å²) in [5, 5.41) is 2.91. The zero-order chi connectivity index (χ0) is 16.3. The maximum atomic E-state index is 11.9. The molecule has 0 fully saturated rings. The molecule has 5 nitrogen and oxygen atoms in total. The zero-order valence-electron chi connectivity index (χ0n) is 13.6. The topological polar surface area (TPSA) is 64.6 Å². The number of nitrogens with one attached hydrogen (secondary N) is 1. The number of carbonyl (C=O) groups is 2. The van der Waals surface area contributed by atoms with E-state index in [-0.39, 0.29) is 18.4 Å². The molecule has 0 saturated heterocycles. The van der Waals surface area contributed by atoms with Crippen molar-refractivity contribution in [3.05, 3.63) is 34.9 Å². The van der Waals surface area contributed by atoms with E-state index in [4.69, 9.17) is 9.47 Å². The molecule has 0 spiro atoms. The van der Waals surface area contributed by atoms with Crippen molar-refractivity contribution in [2.75, 3.05) is 7.11 Å². The van der Waals surface area contributed by atoms with Gasteiger partial charge in [-0.05, 0) is 50.3 Å². The largest absolute Gasteiger partial charge is 0.469 e. The highest BCUT2D eigenvalue weighted by Gasteiger charge is 2.26. The number of hydrogen-bond acceptors (Lipinski definition) is 4. The van der Waals surface area contributed by atoms with E-state index in [2.05, 4.69) is 5.32 Å². The summed E-state index contributed by atoms with van der Waals surface area (Å²) in [6, 6.07) is 5.86. The number of rotatable bonds is 3. The second-order valence-corrected chi connectivity index (χ2v) is 6.52. The molecule has 1 N–H and O–H groups in total. The fourth-order valence-electron chi connectivity index (χ4n) is 2.60. The van der Waals surface area contributed by atoms with Crippen LogP contribution >= 0.6 is 0 Å². The van der Waals surface area contributed by atoms with Gasteiger partial charge in [0, 0.05) is 0 Å². The molecule has 1 atom stereocenters. The summed E-state index contributed by atoms with van der Waals surface area (Å²) in [4.78, 5) is 23.3. The molecular formula is C17H23NO4. The molecule has 1 aromatic rings. The standard InChI is InChI=1S/C17H23NO4/c1-17(2,3)22-16(20)18-14-8-7-12-6-5-11(9-13(12)14)10-15(19)21-4/h5-6,9,14H,7-8,10H2,1-4H3,(H,18,20). The third-order valence-electron chi connectivity index (χ3n) is 3.56. The Labute approximate surface area is 131 Å². The second-order valence-electron chi connectivity index (χ2n) is 6.52. The van der Waals surface area contributed by atoms with E-state index < -0.39 is 11.7 Å². The Hall–Kier alpha value is -2.04. The molecule has 1 unspecified atom stereocenters. The summed E-state index contributed by atoms with van der Waals surface area (Å²) >= 11 is 0. The van der Waals surface area contributed by atoms with E-state index in [0.717, 1.165) is 24.0 Å². The van der Waals surface area contributed by atoms with Crippen molar-refractivity contribution in [3.63, 3.8) is 0 Å². The Balaban J connectivity index is 2.08. The lowest BCUT2D eigenvalue weighted by molar-refractivity contribution is -0.139. The molecule has 0 bridgehead atoms. The van der Waals surface area contributed by atoms with E-state index in [0.29, 0.717) is 0 Å². The number of esters is 1. The number of benzene rings is 1. The molecule has 2 rings (SSSR count). The first-order valence-corrected chi connectivity index (χ1v) is 7.46. The third kappa shape index (κ3) is 4.23. The monoisotopic (exact) mass is 305 g/mol. The van der Waals surface area contributed by atoms with Crippen molar-refractivity contribution >= 4 is 12.1 Å². The fourth-order valence-corrected chi connectivity index (χ4v) is 2.60. The minimum absolute atomic E-state index is 0.0672. The molecule has 0 heterocycles. The molecule has 1 aliphatic carbocycles. The first-order chi connectivity index (χ1) is 10.3. The van der Waals surface area contributed by atoms with Gasteiger partial charge in [0.05, 0.1) is 19.6 Å². The molecular weight excluding hydrogens is 282 g/mol. The van der Waals surface area contributed by atoms with Gasteiger partial charge in [-0.15, -0.1) is 0 Å². The highest BCUT2D eigenvalue weighted by atomic mass is 16.6. The van der Waals surface area contributed by atoms with Gasteiger partial charge in [0.15, 0.2) is 0 Å². The predicted octanol–water partition coefficient (Wildman–Crippen LogP) is 2.91. The zero-order valence-corrected chi connectivity index (χ0v) is 13.6. The number of carbonyl (C=O) groups excluding carboxylic acids is 2. The number of hydrogen-bond donors (Lipinski definition) is 1. The van der Waals surface area contributed by atoms with Gasteiger partial charge in [0.1, 0.15) is 5.60 Å². The lowest BCUT2D eigenvalue weighted by atomic mass is 10.0. The number of fused-ring (bicyclic) bond motifs is 1. The van der Waals surface area contributed by atoms with E-state index in [9.17, 15) is 9.59 Å². The van der Waals surface area contributed by atoms with Crippen molar-refractivity contribution in [1.82, 2.24) is 5.32 Å². The fraction of sp³-hybridized carbons (Fsp3) is 0.529. The summed E-state index contributed by atoms with van der Waals surface area (Å²) in [7, 11) is 1.38. The van der Waals surface area contributed by atoms with E-state index in [1.54, 1.807) is 0 Å². The van der Waals surface area contributed by atoms with Crippen LogP contribution in [0.5, 0.6) is 0 Å². The second kappa shape index (κ2) is 6.38. The van der Waals surface area contributed by atoms with Crippen molar-refractivity contribution in [2.45, 2.75) is 51.7 Å². The minimum atomic E-state index is -0.516. The number of ether oxygens (including phenoxy) is 2. The Kier molecular flexibility index (Phi) is 4.74. The highest BCUT2D eigenvalue weighted by Crippen LogP contribution is 2.32. The van der Waals surface area contributed by atoms with Gasteiger partial charge in [0.25, 0.3) is 0 Å². The van der Waals surface area contributed by atoms with Gasteiger partial charge in [-0.1, -0.05) is 18.2 Å². The molecule has 0 saturated carbocycles. The van der Waals surface area contributed by atoms with Crippen molar-refractivity contribution in [1.29, 1.82) is 0 Å². The van der Waals surface area contributed by atoms with Crippen LogP contribution in [0.25, 0.3) is 0 Å². The van der Waals surface area contributed by atoms with Crippen LogP contribution in [0.15, 0.2) is 18.2 Å². The van der Waals surface area contributed by atoms with Gasteiger partial charge in [0.2, 0.25) is 0 Å². The normalized spacial score (nSPS) is 16.8. The Morgan fingerprint density at radius 3 is 2.68 bits per heavy atom. The average Bonchev–Trinajstić information content (AvgIpc) is 2.79. The first kappa shape index (κ1) is 16.3. The van der Waals surface area contributed by atoms with Gasteiger partial charge in [-0.2, -0.15) is 0 Å². The smallest absolute Gasteiger partial charge is 0.408 e. The molecule has 1 amide bonds. The summed E-state index contributed by atoms with van der Waals surface area (Å²) < 4.78 is 9.99. The van der Waals surface area contributed by atoms with Crippen LogP contribution in [0.4, 0.5) is 4.79 Å². The average molecular weight is 305 g/mol. The molecule has 0 radical (unpaired) electrons. The summed E-state index contributed by atoms with van der Waals surface area (Å²) in [6.45, 7) is 5.51. The van der Waals surface area contributed by atoms with Crippen LogP contribution < -0.4 is 5.32 Å². The highest BCUT2D eigenvalue weighted by molar-refractivity contribution is 5.72. The van der Waals surface area contributed by atoms with Crippen LogP contribution in [0, 0.1) is 0 Å². The van der Waals surface area contributed by atoms with Crippen LogP contribution in [0.3, 0.4) is 0 Å². The predicted molar refractivity (Wildman–Crippen MR) is 82.6 cm³/mol. The lowest BCUT2D eigenvalue weighted by Crippen LogP contribution is -2.34. The maximum Gasteiger partial charge on any atom is 0.408 e. The molecule has 0 aromatic heterocycles. The van der Waals surface area contributed by atoms with Crippen molar-refractivity contribution < 1.29 is 19.1 Å². The maximum absolute atomic E-state index is 11.9. The van der Waals surface area contributed by atoms with E-state index >= 15 is 0 Å². The minimum Gasteiger partial charge on any atom is -0.469 e. The molecule has 1 aliphatic rings. The molecule has 1 aromatic carbocycles. The Morgan fingerprint density at radius 1 is 1.32 bits per heavy atom. The first-order valence-electron chi connectivity index (χ1n) is 7.46. The molecule has 120 valence electrons. The number of alkyl carbamates (subject to hydrolysis) is 1. The van der Waals surface area contributed by atoms with Crippen LogP contribution in [-0.4, -0.2) is 24.8 Å². The van der Waals surface area contributed by atoms with Crippen LogP contribution in [-0.2, 0) is 27.1 Å². The third-order valence-corrected chi connectivity index (χ3v) is 3.56. The van der Waals surface area contributed by atoms with E-state index in [1.165, 1.54) is 12.7 Å². The molecule has 5 heteroatoms. The van der Waals surface area contributed by atoms with Gasteiger partial charge >= 0.3 is 12.1 Å². The summed E-state index contributed by atoms with van der Waals surface area (Å²) in [6.07, 6.45) is 1.58. The summed E-state index contributed by atoms with van der Waals surface area (Å²) in [5.41, 5.74) is 2.64. The van der Waals surface area contributed by atoms with Gasteiger partial charge in [-0.3, -0.25) is 4.79 Å². The quantitative estimate of drug-likeness (QED) is 0.872. The van der Waals surface area contributed by atoms with Gasteiger partial charge < -0.3 is 14.8 Å². The summed E-state index contributed by atoms with van der Waals surface area (Å²) in [5.74, 6) is -0.269. The number of methoxy groups -OCH3 is 1. The SMILES string of the molecule is COC(=O)Cc1ccc2c(c1)C(NC(=O)OC(C)(C)C)CC2. The number of aryl methyl sites for hydroxylation is 1. The Bertz CT molecular complexity index is 575. The lowest BCUT2D eigenvalue weighted by Gasteiger charge is -2.22. The van der Waals surface area contributed by atoms with Crippen LogP contribution in [0.1, 0.15) is 49.9 Å². The van der Waals surface area contributed by atoms with Crippen molar-refractivity contribution in [2.24, 2.45) is 0 Å². The Morgan fingerprint density at radius 2 is 2.05 bits per heavy atom.